The van der Waals surface area contributed by atoms with Crippen molar-refractivity contribution >= 4 is 12.1 Å². The van der Waals surface area contributed by atoms with Gasteiger partial charge in [0.05, 0.1) is 19.1 Å². The van der Waals surface area contributed by atoms with Crippen LogP contribution in [0.1, 0.15) is 71.6 Å². The first-order valence-electron chi connectivity index (χ1n) is 9.27. The van der Waals surface area contributed by atoms with Crippen LogP contribution in [-0.2, 0) is 14.3 Å². The Kier molecular flexibility index (Phi) is 10.5. The summed E-state index contributed by atoms with van der Waals surface area (Å²) in [5.41, 5.74) is 0. The van der Waals surface area contributed by atoms with Crippen molar-refractivity contribution in [1.29, 1.82) is 0 Å². The monoisotopic (exact) mass is 327 g/mol. The summed E-state index contributed by atoms with van der Waals surface area (Å²) in [6.45, 7) is 6.10. The average Bonchev–Trinajstić information content (AvgIpc) is 2.57. The fourth-order valence-corrected chi connectivity index (χ4v) is 2.86. The zero-order valence-electron chi connectivity index (χ0n) is 14.8. The number of hydrogen-bond acceptors (Lipinski definition) is 4. The summed E-state index contributed by atoms with van der Waals surface area (Å²) in [5.74, 6) is -0.162. The van der Waals surface area contributed by atoms with E-state index in [2.05, 4.69) is 6.92 Å². The normalized spacial score (nSPS) is 15.5. The maximum atomic E-state index is 12.0. The number of amides is 1. The fraction of sp³-hybridized carbons (Fsp3) is 0.889. The molecule has 1 heterocycles. The highest BCUT2D eigenvalue weighted by Gasteiger charge is 2.28. The highest BCUT2D eigenvalue weighted by molar-refractivity contribution is 5.73. The van der Waals surface area contributed by atoms with E-state index in [1.165, 1.54) is 32.1 Å². The van der Waals surface area contributed by atoms with Crippen molar-refractivity contribution in [3.05, 3.63) is 0 Å². The van der Waals surface area contributed by atoms with Crippen LogP contribution in [0.25, 0.3) is 0 Å². The number of carbonyl (C=O) groups is 2. The van der Waals surface area contributed by atoms with Crippen LogP contribution < -0.4 is 0 Å². The molecular formula is C18H33NO4. The fourth-order valence-electron chi connectivity index (χ4n) is 2.86. The Bertz CT molecular complexity index is 338. The zero-order chi connectivity index (χ0) is 16.9. The lowest BCUT2D eigenvalue weighted by atomic mass is 9.97. The van der Waals surface area contributed by atoms with Gasteiger partial charge in [-0.05, 0) is 26.2 Å². The average molecular weight is 327 g/mol. The van der Waals surface area contributed by atoms with Crippen LogP contribution in [0.4, 0.5) is 4.79 Å². The van der Waals surface area contributed by atoms with Crippen molar-refractivity contribution in [1.82, 2.24) is 4.90 Å². The van der Waals surface area contributed by atoms with Crippen molar-refractivity contribution in [2.24, 2.45) is 5.92 Å². The molecule has 0 aliphatic carbocycles. The maximum Gasteiger partial charge on any atom is 0.409 e. The van der Waals surface area contributed by atoms with Gasteiger partial charge in [0.25, 0.3) is 0 Å². The smallest absolute Gasteiger partial charge is 0.409 e. The standard InChI is InChI=1S/C18H33NO4/c1-3-5-6-7-8-9-10-15-23-17(20)16-11-13-19(14-12-16)18(21)22-4-2/h16H,3-15H2,1-2H3. The minimum atomic E-state index is -0.276. The zero-order valence-corrected chi connectivity index (χ0v) is 14.8. The van der Waals surface area contributed by atoms with Crippen LogP contribution in [0, 0.1) is 5.92 Å². The van der Waals surface area contributed by atoms with Gasteiger partial charge >= 0.3 is 12.1 Å². The van der Waals surface area contributed by atoms with Crippen LogP contribution in [0.3, 0.4) is 0 Å². The van der Waals surface area contributed by atoms with E-state index < -0.39 is 0 Å². The van der Waals surface area contributed by atoms with E-state index >= 15 is 0 Å². The lowest BCUT2D eigenvalue weighted by Crippen LogP contribution is -2.41. The molecule has 1 saturated heterocycles. The van der Waals surface area contributed by atoms with Gasteiger partial charge in [-0.15, -0.1) is 0 Å². The quantitative estimate of drug-likeness (QED) is 0.447. The molecule has 1 amide bonds. The number of esters is 1. The van der Waals surface area contributed by atoms with Gasteiger partial charge in [0.15, 0.2) is 0 Å². The van der Waals surface area contributed by atoms with Crippen LogP contribution >= 0.6 is 0 Å². The summed E-state index contributed by atoms with van der Waals surface area (Å²) in [6.07, 6.45) is 9.59. The first-order valence-corrected chi connectivity index (χ1v) is 9.27. The van der Waals surface area contributed by atoms with Crippen LogP contribution in [0.5, 0.6) is 0 Å². The van der Waals surface area contributed by atoms with E-state index in [1.54, 1.807) is 11.8 Å². The Morgan fingerprint density at radius 2 is 1.52 bits per heavy atom. The number of likely N-dealkylation sites (tertiary alicyclic amines) is 1. The molecule has 0 aromatic heterocycles. The first-order chi connectivity index (χ1) is 11.2. The minimum absolute atomic E-state index is 0.0646. The van der Waals surface area contributed by atoms with E-state index in [0.717, 1.165) is 12.8 Å². The molecule has 0 aromatic carbocycles. The Balaban J connectivity index is 2.05. The lowest BCUT2D eigenvalue weighted by Gasteiger charge is -2.30. The summed E-state index contributed by atoms with van der Waals surface area (Å²) < 4.78 is 10.4. The van der Waals surface area contributed by atoms with Crippen molar-refractivity contribution in [2.75, 3.05) is 26.3 Å². The molecule has 134 valence electrons. The Hall–Kier alpha value is -1.26. The molecule has 1 aliphatic heterocycles. The van der Waals surface area contributed by atoms with Gasteiger partial charge in [0, 0.05) is 13.1 Å². The second-order valence-corrected chi connectivity index (χ2v) is 6.25. The Labute approximate surface area is 140 Å². The number of carbonyl (C=O) groups excluding carboxylic acids is 2. The predicted molar refractivity (Wildman–Crippen MR) is 90.3 cm³/mol. The predicted octanol–water partition coefficient (Wildman–Crippen LogP) is 4.15. The molecule has 0 atom stereocenters. The summed E-state index contributed by atoms with van der Waals surface area (Å²) in [5, 5.41) is 0. The van der Waals surface area contributed by atoms with Gasteiger partial charge in [-0.2, -0.15) is 0 Å². The largest absolute Gasteiger partial charge is 0.465 e. The molecule has 23 heavy (non-hydrogen) atoms. The van der Waals surface area contributed by atoms with Gasteiger partial charge in [0.1, 0.15) is 0 Å². The van der Waals surface area contributed by atoms with Gasteiger partial charge in [-0.25, -0.2) is 4.79 Å². The SMILES string of the molecule is CCCCCCCCCOC(=O)C1CCN(C(=O)OCC)CC1. The van der Waals surface area contributed by atoms with Gasteiger partial charge in [-0.1, -0.05) is 45.4 Å². The summed E-state index contributed by atoms with van der Waals surface area (Å²) >= 11 is 0. The molecule has 0 unspecified atom stereocenters. The number of ether oxygens (including phenoxy) is 2. The molecule has 0 bridgehead atoms. The third-order valence-electron chi connectivity index (χ3n) is 4.35. The van der Waals surface area contributed by atoms with Gasteiger partial charge in [0.2, 0.25) is 0 Å². The number of piperidine rings is 1. The molecule has 5 nitrogen and oxygen atoms in total. The van der Waals surface area contributed by atoms with Gasteiger partial charge in [-0.3, -0.25) is 4.79 Å². The number of unbranched alkanes of at least 4 members (excludes halogenated alkanes) is 6. The molecule has 1 fully saturated rings. The van der Waals surface area contributed by atoms with E-state index in [-0.39, 0.29) is 18.0 Å². The Morgan fingerprint density at radius 1 is 0.913 bits per heavy atom. The molecule has 0 radical (unpaired) electrons. The summed E-state index contributed by atoms with van der Waals surface area (Å²) in [6, 6.07) is 0. The Morgan fingerprint density at radius 3 is 2.13 bits per heavy atom. The molecule has 0 spiro atoms. The molecule has 1 aliphatic rings. The third-order valence-corrected chi connectivity index (χ3v) is 4.35. The van der Waals surface area contributed by atoms with E-state index in [9.17, 15) is 9.59 Å². The molecule has 0 aromatic rings. The minimum Gasteiger partial charge on any atom is -0.465 e. The van der Waals surface area contributed by atoms with Gasteiger partial charge < -0.3 is 14.4 Å². The second kappa shape index (κ2) is 12.2. The molecule has 5 heteroatoms. The molecular weight excluding hydrogens is 294 g/mol. The number of nitrogens with zero attached hydrogens (tertiary/aromatic N) is 1. The van der Waals surface area contributed by atoms with Crippen LogP contribution in [-0.4, -0.2) is 43.3 Å². The number of hydrogen-bond donors (Lipinski definition) is 0. The first kappa shape index (κ1) is 19.8. The van der Waals surface area contributed by atoms with E-state index in [0.29, 0.717) is 39.1 Å². The lowest BCUT2D eigenvalue weighted by molar-refractivity contribution is -0.150. The van der Waals surface area contributed by atoms with E-state index in [4.69, 9.17) is 9.47 Å². The number of rotatable bonds is 10. The summed E-state index contributed by atoms with van der Waals surface area (Å²) in [4.78, 5) is 25.3. The van der Waals surface area contributed by atoms with Crippen molar-refractivity contribution in [3.8, 4) is 0 Å². The van der Waals surface area contributed by atoms with Crippen LogP contribution in [0.2, 0.25) is 0 Å². The third kappa shape index (κ3) is 8.24. The maximum absolute atomic E-state index is 12.0. The second-order valence-electron chi connectivity index (χ2n) is 6.25. The van der Waals surface area contributed by atoms with Crippen LogP contribution in [0.15, 0.2) is 0 Å². The summed E-state index contributed by atoms with van der Waals surface area (Å²) in [7, 11) is 0. The highest BCUT2D eigenvalue weighted by atomic mass is 16.6. The van der Waals surface area contributed by atoms with Crippen molar-refractivity contribution in [3.63, 3.8) is 0 Å². The molecule has 0 N–H and O–H groups in total. The van der Waals surface area contributed by atoms with Crippen molar-refractivity contribution < 1.29 is 19.1 Å². The highest BCUT2D eigenvalue weighted by Crippen LogP contribution is 2.19. The van der Waals surface area contributed by atoms with Crippen molar-refractivity contribution in [2.45, 2.75) is 71.6 Å². The topological polar surface area (TPSA) is 55.8 Å². The van der Waals surface area contributed by atoms with E-state index in [1.807, 2.05) is 0 Å². The molecule has 0 saturated carbocycles. The molecule has 1 rings (SSSR count).